The molecule has 0 aliphatic carbocycles. The van der Waals surface area contributed by atoms with Crippen molar-refractivity contribution in [3.63, 3.8) is 0 Å². The van der Waals surface area contributed by atoms with Crippen LogP contribution in [0.1, 0.15) is 18.9 Å². The fraction of sp³-hybridized carbons (Fsp3) is 0.294. The number of aryl methyl sites for hydroxylation is 1. The molecule has 0 radical (unpaired) electrons. The smallest absolute Gasteiger partial charge is 0.146 e. The van der Waals surface area contributed by atoms with Gasteiger partial charge in [0.1, 0.15) is 5.82 Å². The predicted molar refractivity (Wildman–Crippen MR) is 82.2 cm³/mol. The lowest BCUT2D eigenvalue weighted by atomic mass is 9.93. The van der Waals surface area contributed by atoms with Crippen LogP contribution in [0.4, 0.5) is 10.1 Å². The van der Waals surface area contributed by atoms with Gasteiger partial charge in [-0.25, -0.2) is 4.39 Å². The Bertz CT molecular complexity index is 542. The molecule has 0 aliphatic heterocycles. The van der Waals surface area contributed by atoms with E-state index in [9.17, 15) is 4.39 Å². The Hall–Kier alpha value is -1.87. The third-order valence-electron chi connectivity index (χ3n) is 3.57. The number of anilines is 1. The summed E-state index contributed by atoms with van der Waals surface area (Å²) in [6, 6.07) is 17.0. The van der Waals surface area contributed by atoms with Gasteiger partial charge in [0.05, 0.1) is 5.69 Å². The maximum absolute atomic E-state index is 13.7. The molecule has 0 saturated carbocycles. The lowest BCUT2D eigenvalue weighted by molar-refractivity contribution is 0.478. The number of para-hydroxylation sites is 1. The van der Waals surface area contributed by atoms with Crippen molar-refractivity contribution >= 4 is 5.69 Å². The van der Waals surface area contributed by atoms with Gasteiger partial charge >= 0.3 is 0 Å². The van der Waals surface area contributed by atoms with Crippen molar-refractivity contribution in [1.82, 2.24) is 0 Å². The molecule has 106 valence electrons. The summed E-state index contributed by atoms with van der Waals surface area (Å²) >= 11 is 0. The van der Waals surface area contributed by atoms with Crippen LogP contribution in [-0.2, 0) is 6.42 Å². The molecule has 2 nitrogen and oxygen atoms in total. The van der Waals surface area contributed by atoms with E-state index in [1.165, 1.54) is 11.6 Å². The standard InChI is InChI=1S/C17H21FN2/c1-17(13-19,12-11-14-7-3-2-4-8-14)20-16-10-6-5-9-15(16)18/h2-10,20H,11-13,19H2,1H3. The zero-order chi connectivity index (χ0) is 14.4. The first kappa shape index (κ1) is 14.5. The number of hydrogen-bond donors (Lipinski definition) is 2. The van der Waals surface area contributed by atoms with Gasteiger partial charge in [-0.05, 0) is 37.5 Å². The highest BCUT2D eigenvalue weighted by atomic mass is 19.1. The van der Waals surface area contributed by atoms with E-state index in [1.807, 2.05) is 31.2 Å². The Kier molecular flexibility index (Phi) is 4.74. The Morgan fingerprint density at radius 1 is 1.05 bits per heavy atom. The largest absolute Gasteiger partial charge is 0.376 e. The minimum atomic E-state index is -0.321. The minimum absolute atomic E-state index is 0.244. The van der Waals surface area contributed by atoms with E-state index in [1.54, 1.807) is 12.1 Å². The molecule has 0 heterocycles. The predicted octanol–water partition coefficient (Wildman–Crippen LogP) is 3.59. The van der Waals surface area contributed by atoms with Gasteiger partial charge in [0.2, 0.25) is 0 Å². The lowest BCUT2D eigenvalue weighted by Crippen LogP contribution is -2.43. The van der Waals surface area contributed by atoms with Crippen molar-refractivity contribution < 1.29 is 4.39 Å². The van der Waals surface area contributed by atoms with Crippen molar-refractivity contribution in [3.8, 4) is 0 Å². The Morgan fingerprint density at radius 2 is 1.70 bits per heavy atom. The molecule has 0 aromatic heterocycles. The number of hydrogen-bond acceptors (Lipinski definition) is 2. The second kappa shape index (κ2) is 6.53. The molecule has 0 spiro atoms. The molecule has 2 aromatic carbocycles. The summed E-state index contributed by atoms with van der Waals surface area (Å²) < 4.78 is 13.7. The van der Waals surface area contributed by atoms with E-state index >= 15 is 0 Å². The maximum atomic E-state index is 13.7. The van der Waals surface area contributed by atoms with Crippen molar-refractivity contribution in [3.05, 3.63) is 66.0 Å². The fourth-order valence-electron chi connectivity index (χ4n) is 2.17. The summed E-state index contributed by atoms with van der Waals surface area (Å²) in [6.07, 6.45) is 1.76. The van der Waals surface area contributed by atoms with Crippen LogP contribution in [0.3, 0.4) is 0 Å². The summed E-state index contributed by atoms with van der Waals surface area (Å²) in [6.45, 7) is 2.48. The van der Waals surface area contributed by atoms with E-state index in [2.05, 4.69) is 17.4 Å². The second-order valence-corrected chi connectivity index (χ2v) is 5.36. The van der Waals surface area contributed by atoms with E-state index in [4.69, 9.17) is 5.73 Å². The molecular weight excluding hydrogens is 251 g/mol. The highest BCUT2D eigenvalue weighted by Crippen LogP contribution is 2.22. The average Bonchev–Trinajstić information content (AvgIpc) is 2.49. The van der Waals surface area contributed by atoms with Gasteiger partial charge in [-0.3, -0.25) is 0 Å². The van der Waals surface area contributed by atoms with Crippen LogP contribution in [0, 0.1) is 5.82 Å². The first-order valence-electron chi connectivity index (χ1n) is 6.90. The van der Waals surface area contributed by atoms with E-state index in [-0.39, 0.29) is 11.4 Å². The third kappa shape index (κ3) is 3.81. The molecular formula is C17H21FN2. The van der Waals surface area contributed by atoms with Crippen molar-refractivity contribution in [2.75, 3.05) is 11.9 Å². The Balaban J connectivity index is 2.04. The first-order chi connectivity index (χ1) is 9.63. The highest BCUT2D eigenvalue weighted by Gasteiger charge is 2.23. The van der Waals surface area contributed by atoms with Gasteiger partial charge in [-0.15, -0.1) is 0 Å². The van der Waals surface area contributed by atoms with Crippen molar-refractivity contribution in [2.45, 2.75) is 25.3 Å². The number of halogens is 1. The van der Waals surface area contributed by atoms with Gasteiger partial charge < -0.3 is 11.1 Å². The highest BCUT2D eigenvalue weighted by molar-refractivity contribution is 5.46. The van der Waals surface area contributed by atoms with Crippen molar-refractivity contribution in [1.29, 1.82) is 0 Å². The molecule has 1 unspecified atom stereocenters. The molecule has 0 amide bonds. The molecule has 2 aromatic rings. The van der Waals surface area contributed by atoms with Gasteiger partial charge in [-0.1, -0.05) is 42.5 Å². The molecule has 0 fully saturated rings. The van der Waals surface area contributed by atoms with E-state index in [0.717, 1.165) is 12.8 Å². The minimum Gasteiger partial charge on any atom is -0.376 e. The van der Waals surface area contributed by atoms with Crippen LogP contribution < -0.4 is 11.1 Å². The summed E-state index contributed by atoms with van der Waals surface area (Å²) in [4.78, 5) is 0. The van der Waals surface area contributed by atoms with Gasteiger partial charge in [0, 0.05) is 12.1 Å². The van der Waals surface area contributed by atoms with Gasteiger partial charge in [0.15, 0.2) is 0 Å². The van der Waals surface area contributed by atoms with Crippen LogP contribution in [0.25, 0.3) is 0 Å². The number of rotatable bonds is 6. The average molecular weight is 272 g/mol. The Morgan fingerprint density at radius 3 is 2.35 bits per heavy atom. The van der Waals surface area contributed by atoms with Crippen LogP contribution >= 0.6 is 0 Å². The quantitative estimate of drug-likeness (QED) is 0.843. The molecule has 3 heteroatoms. The number of nitrogens with one attached hydrogen (secondary N) is 1. The molecule has 2 rings (SSSR count). The first-order valence-corrected chi connectivity index (χ1v) is 6.90. The number of nitrogens with two attached hydrogens (primary N) is 1. The normalized spacial score (nSPS) is 13.8. The van der Waals surface area contributed by atoms with Crippen LogP contribution in [0.15, 0.2) is 54.6 Å². The van der Waals surface area contributed by atoms with E-state index < -0.39 is 0 Å². The zero-order valence-corrected chi connectivity index (χ0v) is 11.8. The monoisotopic (exact) mass is 272 g/mol. The van der Waals surface area contributed by atoms with Crippen LogP contribution in [-0.4, -0.2) is 12.1 Å². The van der Waals surface area contributed by atoms with Crippen molar-refractivity contribution in [2.24, 2.45) is 5.73 Å². The lowest BCUT2D eigenvalue weighted by Gasteiger charge is -2.31. The zero-order valence-electron chi connectivity index (χ0n) is 11.8. The molecule has 3 N–H and O–H groups in total. The summed E-state index contributed by atoms with van der Waals surface area (Å²) in [7, 11) is 0. The summed E-state index contributed by atoms with van der Waals surface area (Å²) in [5.41, 5.74) is 7.34. The number of benzene rings is 2. The molecule has 1 atom stereocenters. The SMILES string of the molecule is CC(CN)(CCc1ccccc1)Nc1ccccc1F. The molecule has 20 heavy (non-hydrogen) atoms. The van der Waals surface area contributed by atoms with Gasteiger partial charge in [0.25, 0.3) is 0 Å². The van der Waals surface area contributed by atoms with Crippen LogP contribution in [0.5, 0.6) is 0 Å². The third-order valence-corrected chi connectivity index (χ3v) is 3.57. The molecule has 0 bridgehead atoms. The molecule has 0 saturated heterocycles. The van der Waals surface area contributed by atoms with Gasteiger partial charge in [-0.2, -0.15) is 0 Å². The summed E-state index contributed by atoms with van der Waals surface area (Å²) in [5, 5.41) is 3.24. The summed E-state index contributed by atoms with van der Waals surface area (Å²) in [5.74, 6) is -0.244. The van der Waals surface area contributed by atoms with E-state index in [0.29, 0.717) is 12.2 Å². The second-order valence-electron chi connectivity index (χ2n) is 5.36. The van der Waals surface area contributed by atoms with Crippen LogP contribution in [0.2, 0.25) is 0 Å². The maximum Gasteiger partial charge on any atom is 0.146 e. The Labute approximate surface area is 119 Å². The molecule has 0 aliphatic rings. The topological polar surface area (TPSA) is 38.0 Å². The fourth-order valence-corrected chi connectivity index (χ4v) is 2.17.